The van der Waals surface area contributed by atoms with Crippen LogP contribution in [0.25, 0.3) is 10.8 Å². The molecule has 2 aromatic carbocycles. The summed E-state index contributed by atoms with van der Waals surface area (Å²) >= 11 is 0. The first-order valence-electron chi connectivity index (χ1n) is 11.5. The van der Waals surface area contributed by atoms with Crippen LogP contribution < -0.4 is 14.8 Å². The van der Waals surface area contributed by atoms with E-state index >= 15 is 0 Å². The molecule has 0 radical (unpaired) electrons. The lowest BCUT2D eigenvalue weighted by molar-refractivity contribution is -0.141. The van der Waals surface area contributed by atoms with Crippen LogP contribution in [0.4, 0.5) is 13.2 Å². The summed E-state index contributed by atoms with van der Waals surface area (Å²) in [4.78, 5) is 29.5. The van der Waals surface area contributed by atoms with Gasteiger partial charge in [-0.25, -0.2) is 8.42 Å². The van der Waals surface area contributed by atoms with Gasteiger partial charge in [0, 0.05) is 17.1 Å². The normalized spacial score (nSPS) is 12.7. The summed E-state index contributed by atoms with van der Waals surface area (Å²) in [7, 11) is -4.02. The minimum Gasteiger partial charge on any atom is -0.487 e. The van der Waals surface area contributed by atoms with Crippen molar-refractivity contribution >= 4 is 32.6 Å². The SMILES string of the molecule is CC(C)(NC(=O)c1ccc2ccccc2c1OCc1ccc(C(F)(F)F)nc1)C(=O)NS(=O)(=O)C(C)(C)C. The zero-order valence-corrected chi connectivity index (χ0v) is 22.3. The van der Waals surface area contributed by atoms with Crippen LogP contribution in [0.15, 0.2) is 54.7 Å². The first-order valence-corrected chi connectivity index (χ1v) is 13.0. The molecule has 1 aromatic heterocycles. The van der Waals surface area contributed by atoms with Gasteiger partial charge in [-0.1, -0.05) is 36.4 Å². The fraction of sp³-hybridized carbons (Fsp3) is 0.346. The number of carbonyl (C=O) groups is 2. The molecule has 2 N–H and O–H groups in total. The zero-order chi connectivity index (χ0) is 28.5. The molecule has 2 amide bonds. The number of nitrogens with zero attached hydrogens (tertiary/aromatic N) is 1. The molecule has 0 aliphatic rings. The number of amides is 2. The van der Waals surface area contributed by atoms with Gasteiger partial charge in [-0.3, -0.25) is 19.3 Å². The van der Waals surface area contributed by atoms with Gasteiger partial charge in [-0.05, 0) is 52.1 Å². The molecule has 0 aliphatic heterocycles. The minimum atomic E-state index is -4.58. The van der Waals surface area contributed by atoms with Gasteiger partial charge < -0.3 is 10.1 Å². The molecule has 38 heavy (non-hydrogen) atoms. The van der Waals surface area contributed by atoms with E-state index in [0.29, 0.717) is 10.9 Å². The van der Waals surface area contributed by atoms with Gasteiger partial charge in [-0.2, -0.15) is 13.2 Å². The van der Waals surface area contributed by atoms with Gasteiger partial charge in [0.15, 0.2) is 0 Å². The standard InChI is InChI=1S/C26H28F3N3O5S/c1-24(2,3)38(35,36)32-23(34)25(4,5)31-22(33)19-12-11-17-8-6-7-9-18(17)21(19)37-15-16-10-13-20(30-14-16)26(27,28)29/h6-14H,15H2,1-5H3,(H,31,33)(H,32,34). The average Bonchev–Trinajstić information content (AvgIpc) is 2.80. The Labute approximate surface area is 218 Å². The maximum Gasteiger partial charge on any atom is 0.433 e. The minimum absolute atomic E-state index is 0.0446. The molecule has 0 bridgehead atoms. The predicted molar refractivity (Wildman–Crippen MR) is 136 cm³/mol. The number of nitrogens with one attached hydrogen (secondary N) is 2. The predicted octanol–water partition coefficient (Wildman–Crippen LogP) is 4.59. The number of benzene rings is 2. The third kappa shape index (κ3) is 6.42. The summed E-state index contributed by atoms with van der Waals surface area (Å²) < 4.78 is 70.0. The molecule has 12 heteroatoms. The van der Waals surface area contributed by atoms with Crippen molar-refractivity contribution in [3.05, 3.63) is 71.5 Å². The Morgan fingerprint density at radius 2 is 1.61 bits per heavy atom. The summed E-state index contributed by atoms with van der Waals surface area (Å²) in [6.45, 7) is 6.81. The molecule has 0 atom stereocenters. The topological polar surface area (TPSA) is 114 Å². The molecular weight excluding hydrogens is 523 g/mol. The Balaban J connectivity index is 1.89. The number of sulfonamides is 1. The Kier molecular flexibility index (Phi) is 7.79. The van der Waals surface area contributed by atoms with Crippen molar-refractivity contribution in [2.45, 2.75) is 57.7 Å². The van der Waals surface area contributed by atoms with Crippen LogP contribution in [-0.2, 0) is 27.6 Å². The highest BCUT2D eigenvalue weighted by Gasteiger charge is 2.38. The summed E-state index contributed by atoms with van der Waals surface area (Å²) in [6, 6.07) is 12.2. The first-order chi connectivity index (χ1) is 17.4. The lowest BCUT2D eigenvalue weighted by Gasteiger charge is -2.28. The summed E-state index contributed by atoms with van der Waals surface area (Å²) in [5, 5.41) is 3.83. The Morgan fingerprint density at radius 3 is 2.18 bits per heavy atom. The van der Waals surface area contributed by atoms with E-state index in [1.807, 2.05) is 4.72 Å². The van der Waals surface area contributed by atoms with E-state index in [1.165, 1.54) is 46.8 Å². The van der Waals surface area contributed by atoms with Gasteiger partial charge in [0.25, 0.3) is 11.8 Å². The number of halogens is 3. The number of rotatable bonds is 7. The molecule has 3 aromatic rings. The number of pyridine rings is 1. The third-order valence-electron chi connectivity index (χ3n) is 5.65. The maximum absolute atomic E-state index is 13.3. The van der Waals surface area contributed by atoms with Crippen molar-refractivity contribution in [2.75, 3.05) is 0 Å². The highest BCUT2D eigenvalue weighted by atomic mass is 32.2. The lowest BCUT2D eigenvalue weighted by atomic mass is 10.0. The zero-order valence-electron chi connectivity index (χ0n) is 21.4. The molecule has 204 valence electrons. The fourth-order valence-corrected chi connectivity index (χ4v) is 4.03. The monoisotopic (exact) mass is 551 g/mol. The molecule has 0 unspecified atom stereocenters. The van der Waals surface area contributed by atoms with Crippen LogP contribution in [0.2, 0.25) is 0 Å². The van der Waals surface area contributed by atoms with Crippen LogP contribution in [0.1, 0.15) is 56.2 Å². The highest BCUT2D eigenvalue weighted by Crippen LogP contribution is 2.32. The van der Waals surface area contributed by atoms with Crippen molar-refractivity contribution in [2.24, 2.45) is 0 Å². The van der Waals surface area contributed by atoms with Crippen molar-refractivity contribution < 1.29 is 35.9 Å². The average molecular weight is 552 g/mol. The van der Waals surface area contributed by atoms with Crippen LogP contribution >= 0.6 is 0 Å². The Bertz CT molecular complexity index is 1460. The Morgan fingerprint density at radius 1 is 0.947 bits per heavy atom. The number of hydrogen-bond acceptors (Lipinski definition) is 6. The molecule has 0 aliphatic carbocycles. The molecule has 1 heterocycles. The summed E-state index contributed by atoms with van der Waals surface area (Å²) in [5.41, 5.74) is -2.29. The molecular formula is C26H28F3N3O5S. The van der Waals surface area contributed by atoms with E-state index in [-0.39, 0.29) is 17.9 Å². The largest absolute Gasteiger partial charge is 0.487 e. The fourth-order valence-electron chi connectivity index (χ4n) is 3.22. The molecule has 3 rings (SSSR count). The second kappa shape index (κ2) is 10.2. The van der Waals surface area contributed by atoms with Gasteiger partial charge >= 0.3 is 6.18 Å². The van der Waals surface area contributed by atoms with Gasteiger partial charge in [0.1, 0.15) is 23.6 Å². The van der Waals surface area contributed by atoms with Crippen molar-refractivity contribution in [3.8, 4) is 5.75 Å². The number of fused-ring (bicyclic) bond motifs is 1. The number of alkyl halides is 3. The van der Waals surface area contributed by atoms with Crippen LogP contribution in [-0.4, -0.2) is 35.5 Å². The molecule has 0 spiro atoms. The first kappa shape index (κ1) is 28.9. The number of aromatic nitrogens is 1. The van der Waals surface area contributed by atoms with E-state index in [9.17, 15) is 31.2 Å². The van der Waals surface area contributed by atoms with Gasteiger partial charge in [0.2, 0.25) is 10.0 Å². The Hall–Kier alpha value is -3.67. The summed E-state index contributed by atoms with van der Waals surface area (Å²) in [5.74, 6) is -1.51. The quantitative estimate of drug-likeness (QED) is 0.444. The van der Waals surface area contributed by atoms with Gasteiger partial charge in [-0.15, -0.1) is 0 Å². The van der Waals surface area contributed by atoms with E-state index in [4.69, 9.17) is 4.74 Å². The number of hydrogen-bond donors (Lipinski definition) is 2. The second-order valence-corrected chi connectivity index (χ2v) is 12.6. The van der Waals surface area contributed by atoms with Crippen molar-refractivity contribution in [3.63, 3.8) is 0 Å². The molecule has 0 fully saturated rings. The van der Waals surface area contributed by atoms with Crippen LogP contribution in [0.5, 0.6) is 5.75 Å². The van der Waals surface area contributed by atoms with E-state index in [0.717, 1.165) is 17.6 Å². The van der Waals surface area contributed by atoms with Gasteiger partial charge in [0.05, 0.1) is 10.3 Å². The maximum atomic E-state index is 13.3. The third-order valence-corrected chi connectivity index (χ3v) is 7.72. The molecule has 8 nitrogen and oxygen atoms in total. The number of ether oxygens (including phenoxy) is 1. The van der Waals surface area contributed by atoms with E-state index in [1.54, 1.807) is 30.3 Å². The smallest absolute Gasteiger partial charge is 0.433 e. The number of carbonyl (C=O) groups excluding carboxylic acids is 2. The summed E-state index contributed by atoms with van der Waals surface area (Å²) in [6.07, 6.45) is -3.54. The second-order valence-electron chi connectivity index (χ2n) is 10.1. The van der Waals surface area contributed by atoms with E-state index in [2.05, 4.69) is 10.3 Å². The van der Waals surface area contributed by atoms with Crippen LogP contribution in [0, 0.1) is 0 Å². The lowest BCUT2D eigenvalue weighted by Crippen LogP contribution is -2.57. The van der Waals surface area contributed by atoms with Crippen molar-refractivity contribution in [1.82, 2.24) is 15.0 Å². The van der Waals surface area contributed by atoms with E-state index < -0.39 is 44.0 Å². The van der Waals surface area contributed by atoms with Crippen molar-refractivity contribution in [1.29, 1.82) is 0 Å². The van der Waals surface area contributed by atoms with Crippen LogP contribution in [0.3, 0.4) is 0 Å². The molecule has 0 saturated heterocycles. The molecule has 0 saturated carbocycles. The highest BCUT2D eigenvalue weighted by molar-refractivity contribution is 7.91.